The summed E-state index contributed by atoms with van der Waals surface area (Å²) in [6.07, 6.45) is 7.22. The molecule has 1 aromatic carbocycles. The minimum atomic E-state index is 0.326. The lowest BCUT2D eigenvalue weighted by molar-refractivity contribution is -0.132. The number of hydrogen-bond donors (Lipinski definition) is 0. The largest absolute Gasteiger partial charge is 0.342 e. The van der Waals surface area contributed by atoms with Gasteiger partial charge in [0.25, 0.3) is 0 Å². The minimum absolute atomic E-state index is 0.326. The van der Waals surface area contributed by atoms with Gasteiger partial charge in [0.15, 0.2) is 0 Å². The van der Waals surface area contributed by atoms with Crippen molar-refractivity contribution in [3.63, 3.8) is 0 Å². The number of benzene rings is 1. The number of para-hydroxylation sites is 1. The van der Waals surface area contributed by atoms with E-state index in [4.69, 9.17) is 4.98 Å². The molecule has 2 saturated heterocycles. The molecule has 134 valence electrons. The standard InChI is InChI=1S/C20H27N3OS/c24-19(23-12-5-1-2-6-13-23)15-22-11-7-8-16(14-22)20-21-17-9-3-4-10-18(17)25-20/h3-4,9-10,16H,1-2,5-8,11-15H2/t16-/m0/s1. The van der Waals surface area contributed by atoms with Crippen LogP contribution >= 0.6 is 11.3 Å². The molecule has 0 saturated carbocycles. The first kappa shape index (κ1) is 17.0. The molecule has 3 heterocycles. The summed E-state index contributed by atoms with van der Waals surface area (Å²) in [6.45, 7) is 4.50. The lowest BCUT2D eigenvalue weighted by Gasteiger charge is -2.32. The Balaban J connectivity index is 1.39. The first-order valence-electron chi connectivity index (χ1n) is 9.65. The van der Waals surface area contributed by atoms with Crippen LogP contribution in [0.5, 0.6) is 0 Å². The van der Waals surface area contributed by atoms with E-state index in [1.54, 1.807) is 0 Å². The molecule has 2 aliphatic heterocycles. The summed E-state index contributed by atoms with van der Waals surface area (Å²) < 4.78 is 1.27. The first-order chi connectivity index (χ1) is 12.3. The molecular formula is C20H27N3OS. The van der Waals surface area contributed by atoms with Gasteiger partial charge in [-0.25, -0.2) is 4.98 Å². The van der Waals surface area contributed by atoms with Gasteiger partial charge < -0.3 is 4.90 Å². The number of hydrogen-bond acceptors (Lipinski definition) is 4. The fourth-order valence-corrected chi connectivity index (χ4v) is 5.17. The van der Waals surface area contributed by atoms with Crippen LogP contribution in [0.3, 0.4) is 0 Å². The van der Waals surface area contributed by atoms with E-state index in [9.17, 15) is 4.79 Å². The van der Waals surface area contributed by atoms with E-state index in [0.29, 0.717) is 18.4 Å². The van der Waals surface area contributed by atoms with Crippen molar-refractivity contribution in [1.29, 1.82) is 0 Å². The molecule has 0 bridgehead atoms. The number of likely N-dealkylation sites (tertiary alicyclic amines) is 2. The predicted molar refractivity (Wildman–Crippen MR) is 103 cm³/mol. The Morgan fingerprint density at radius 2 is 1.88 bits per heavy atom. The third-order valence-corrected chi connectivity index (χ3v) is 6.68. The lowest BCUT2D eigenvalue weighted by atomic mass is 9.98. The van der Waals surface area contributed by atoms with Crippen molar-refractivity contribution in [2.24, 2.45) is 0 Å². The number of carbonyl (C=O) groups is 1. The number of thiazole rings is 1. The normalized spacial score (nSPS) is 22.9. The number of aromatic nitrogens is 1. The third-order valence-electron chi connectivity index (χ3n) is 5.48. The van der Waals surface area contributed by atoms with Crippen LogP contribution in [-0.4, -0.2) is 53.4 Å². The van der Waals surface area contributed by atoms with E-state index in [1.807, 2.05) is 11.3 Å². The Bertz CT molecular complexity index is 688. The number of carbonyl (C=O) groups excluding carboxylic acids is 1. The summed E-state index contributed by atoms with van der Waals surface area (Å²) in [4.78, 5) is 22.0. The maximum Gasteiger partial charge on any atom is 0.236 e. The van der Waals surface area contributed by atoms with Crippen molar-refractivity contribution in [2.75, 3.05) is 32.7 Å². The number of fused-ring (bicyclic) bond motifs is 1. The van der Waals surface area contributed by atoms with Gasteiger partial charge in [0.1, 0.15) is 0 Å². The molecule has 0 spiro atoms. The van der Waals surface area contributed by atoms with Gasteiger partial charge in [-0.2, -0.15) is 0 Å². The Morgan fingerprint density at radius 1 is 1.08 bits per heavy atom. The smallest absolute Gasteiger partial charge is 0.236 e. The van der Waals surface area contributed by atoms with Gasteiger partial charge in [-0.3, -0.25) is 9.69 Å². The molecule has 1 atom stereocenters. The first-order valence-corrected chi connectivity index (χ1v) is 10.5. The minimum Gasteiger partial charge on any atom is -0.342 e. The molecule has 0 unspecified atom stereocenters. The van der Waals surface area contributed by atoms with Crippen LogP contribution in [-0.2, 0) is 4.79 Å². The van der Waals surface area contributed by atoms with E-state index in [1.165, 1.54) is 41.8 Å². The molecule has 4 rings (SSSR count). The molecule has 2 aromatic rings. The fourth-order valence-electron chi connectivity index (χ4n) is 4.08. The fraction of sp³-hybridized carbons (Fsp3) is 0.600. The summed E-state index contributed by atoms with van der Waals surface area (Å²) in [5, 5.41) is 1.24. The van der Waals surface area contributed by atoms with Gasteiger partial charge in [-0.1, -0.05) is 25.0 Å². The van der Waals surface area contributed by atoms with Crippen LogP contribution in [0.1, 0.15) is 49.5 Å². The Morgan fingerprint density at radius 3 is 2.68 bits per heavy atom. The van der Waals surface area contributed by atoms with Crippen LogP contribution in [0, 0.1) is 0 Å². The summed E-state index contributed by atoms with van der Waals surface area (Å²) in [5.74, 6) is 0.801. The summed E-state index contributed by atoms with van der Waals surface area (Å²) in [6, 6.07) is 8.38. The van der Waals surface area contributed by atoms with Gasteiger partial charge in [0, 0.05) is 25.6 Å². The van der Waals surface area contributed by atoms with E-state index >= 15 is 0 Å². The van der Waals surface area contributed by atoms with Crippen molar-refractivity contribution in [2.45, 2.75) is 44.4 Å². The zero-order chi connectivity index (χ0) is 17.1. The molecule has 1 amide bonds. The van der Waals surface area contributed by atoms with Crippen molar-refractivity contribution in [1.82, 2.24) is 14.8 Å². The molecule has 0 N–H and O–H groups in total. The molecule has 4 nitrogen and oxygen atoms in total. The molecule has 1 aromatic heterocycles. The van der Waals surface area contributed by atoms with E-state index in [0.717, 1.165) is 38.1 Å². The van der Waals surface area contributed by atoms with Gasteiger partial charge in [0.2, 0.25) is 5.91 Å². The molecule has 2 fully saturated rings. The average Bonchev–Trinajstić information content (AvgIpc) is 2.88. The third kappa shape index (κ3) is 4.04. The van der Waals surface area contributed by atoms with Gasteiger partial charge in [-0.05, 0) is 44.4 Å². The predicted octanol–water partition coefficient (Wildman–Crippen LogP) is 3.88. The van der Waals surface area contributed by atoms with Crippen molar-refractivity contribution >= 4 is 27.5 Å². The molecular weight excluding hydrogens is 330 g/mol. The Hall–Kier alpha value is -1.46. The van der Waals surface area contributed by atoms with Crippen molar-refractivity contribution < 1.29 is 4.79 Å². The number of amides is 1. The summed E-state index contributed by atoms with van der Waals surface area (Å²) >= 11 is 1.82. The molecule has 25 heavy (non-hydrogen) atoms. The monoisotopic (exact) mass is 357 g/mol. The second kappa shape index (κ2) is 7.83. The van der Waals surface area contributed by atoms with Gasteiger partial charge in [0.05, 0.1) is 21.8 Å². The van der Waals surface area contributed by atoms with Crippen LogP contribution in [0.4, 0.5) is 0 Å². The number of piperidine rings is 1. The molecule has 2 aliphatic rings. The second-order valence-electron chi connectivity index (χ2n) is 7.39. The van der Waals surface area contributed by atoms with Crippen LogP contribution in [0.25, 0.3) is 10.2 Å². The van der Waals surface area contributed by atoms with Crippen LogP contribution in [0.15, 0.2) is 24.3 Å². The number of nitrogens with zero attached hydrogens (tertiary/aromatic N) is 3. The maximum atomic E-state index is 12.7. The highest BCUT2D eigenvalue weighted by Gasteiger charge is 2.26. The highest BCUT2D eigenvalue weighted by Crippen LogP contribution is 2.32. The quantitative estimate of drug-likeness (QED) is 0.836. The van der Waals surface area contributed by atoms with E-state index < -0.39 is 0 Å². The lowest BCUT2D eigenvalue weighted by Crippen LogP contribution is -2.44. The zero-order valence-electron chi connectivity index (χ0n) is 14.8. The topological polar surface area (TPSA) is 36.4 Å². The van der Waals surface area contributed by atoms with Crippen LogP contribution in [0.2, 0.25) is 0 Å². The summed E-state index contributed by atoms with van der Waals surface area (Å²) in [7, 11) is 0. The summed E-state index contributed by atoms with van der Waals surface area (Å²) in [5.41, 5.74) is 1.11. The number of rotatable bonds is 3. The SMILES string of the molecule is O=C(CN1CCC[C@H](c2nc3ccccc3s2)C1)N1CCCCCC1. The van der Waals surface area contributed by atoms with Gasteiger partial charge >= 0.3 is 0 Å². The van der Waals surface area contributed by atoms with E-state index in [-0.39, 0.29) is 0 Å². The zero-order valence-corrected chi connectivity index (χ0v) is 15.6. The Labute approximate surface area is 153 Å². The average molecular weight is 358 g/mol. The Kier molecular flexibility index (Phi) is 5.32. The molecule has 5 heteroatoms. The highest BCUT2D eigenvalue weighted by atomic mass is 32.1. The van der Waals surface area contributed by atoms with Crippen molar-refractivity contribution in [3.05, 3.63) is 29.3 Å². The molecule has 0 aliphatic carbocycles. The highest BCUT2D eigenvalue weighted by molar-refractivity contribution is 7.18. The maximum absolute atomic E-state index is 12.7. The second-order valence-corrected chi connectivity index (χ2v) is 8.45. The van der Waals surface area contributed by atoms with Gasteiger partial charge in [-0.15, -0.1) is 11.3 Å². The van der Waals surface area contributed by atoms with Crippen LogP contribution < -0.4 is 0 Å². The molecule has 0 radical (unpaired) electrons. The van der Waals surface area contributed by atoms with Crippen molar-refractivity contribution in [3.8, 4) is 0 Å². The van der Waals surface area contributed by atoms with E-state index in [2.05, 4.69) is 34.1 Å².